The Kier molecular flexibility index (Phi) is 6.44. The summed E-state index contributed by atoms with van der Waals surface area (Å²) in [6, 6.07) is 14.9. The molecule has 0 aliphatic heterocycles. The largest absolute Gasteiger partial charge is 0.452 e. The molecule has 1 atom stereocenters. The molecule has 1 aromatic heterocycles. The molecule has 2 aromatic carbocycles. The Hall–Kier alpha value is -2.70. The van der Waals surface area contributed by atoms with Crippen molar-refractivity contribution in [3.8, 4) is 10.6 Å². The number of hydrogen-bond acceptors (Lipinski definition) is 5. The van der Waals surface area contributed by atoms with Crippen molar-refractivity contribution in [3.63, 3.8) is 0 Å². The lowest BCUT2D eigenvalue weighted by Gasteiger charge is -2.13. The van der Waals surface area contributed by atoms with Gasteiger partial charge in [-0.25, -0.2) is 4.98 Å². The van der Waals surface area contributed by atoms with Gasteiger partial charge in [-0.2, -0.15) is 0 Å². The fourth-order valence-electron chi connectivity index (χ4n) is 2.54. The zero-order valence-corrected chi connectivity index (χ0v) is 17.0. The molecule has 1 amide bonds. The highest BCUT2D eigenvalue weighted by molar-refractivity contribution is 7.13. The Morgan fingerprint density at radius 1 is 1.21 bits per heavy atom. The maximum Gasteiger partial charge on any atom is 0.312 e. The number of nitrogens with zero attached hydrogens (tertiary/aromatic N) is 1. The normalized spacial score (nSPS) is 11.7. The van der Waals surface area contributed by atoms with Crippen molar-refractivity contribution in [1.82, 2.24) is 4.98 Å². The molecule has 3 aromatic rings. The SMILES string of the molecule is Cc1cccc(-c2nc(CC(=O)O[C@@H](C)C(=O)Nc3ccccc3Cl)cs2)c1. The number of esters is 1. The van der Waals surface area contributed by atoms with Crippen LogP contribution in [0.25, 0.3) is 10.6 Å². The molecular weight excluding hydrogens is 396 g/mol. The van der Waals surface area contributed by atoms with Gasteiger partial charge in [0.15, 0.2) is 6.10 Å². The van der Waals surface area contributed by atoms with Gasteiger partial charge in [-0.05, 0) is 32.0 Å². The van der Waals surface area contributed by atoms with Crippen LogP contribution < -0.4 is 5.32 Å². The first kappa shape index (κ1) is 20.0. The summed E-state index contributed by atoms with van der Waals surface area (Å²) in [6.45, 7) is 3.54. The maximum absolute atomic E-state index is 12.2. The standard InChI is InChI=1S/C21H19ClN2O3S/c1-13-6-5-7-15(10-13)21-23-16(12-28-21)11-19(25)27-14(2)20(26)24-18-9-4-3-8-17(18)22/h3-10,12,14H,11H2,1-2H3,(H,24,26)/t14-/m0/s1. The number of benzene rings is 2. The van der Waals surface area contributed by atoms with E-state index < -0.39 is 18.0 Å². The number of rotatable bonds is 6. The Balaban J connectivity index is 1.56. The summed E-state index contributed by atoms with van der Waals surface area (Å²) in [6.07, 6.45) is -0.940. The van der Waals surface area contributed by atoms with Gasteiger partial charge in [0, 0.05) is 10.9 Å². The number of para-hydroxylation sites is 1. The molecule has 1 N–H and O–H groups in total. The topological polar surface area (TPSA) is 68.3 Å². The van der Waals surface area contributed by atoms with Gasteiger partial charge in [0.1, 0.15) is 5.01 Å². The number of hydrogen-bond donors (Lipinski definition) is 1. The number of aromatic nitrogens is 1. The highest BCUT2D eigenvalue weighted by Crippen LogP contribution is 2.25. The van der Waals surface area contributed by atoms with Crippen molar-refractivity contribution in [2.75, 3.05) is 5.32 Å². The van der Waals surface area contributed by atoms with E-state index in [-0.39, 0.29) is 6.42 Å². The molecule has 0 saturated carbocycles. The first-order chi connectivity index (χ1) is 13.4. The molecule has 0 spiro atoms. The molecule has 0 saturated heterocycles. The van der Waals surface area contributed by atoms with E-state index in [2.05, 4.69) is 10.3 Å². The summed E-state index contributed by atoms with van der Waals surface area (Å²) in [4.78, 5) is 28.9. The van der Waals surface area contributed by atoms with Crippen LogP contribution in [-0.4, -0.2) is 23.0 Å². The van der Waals surface area contributed by atoms with Gasteiger partial charge < -0.3 is 10.1 Å². The van der Waals surface area contributed by atoms with Crippen LogP contribution in [0.15, 0.2) is 53.9 Å². The molecule has 144 valence electrons. The minimum absolute atomic E-state index is 0.00598. The average Bonchev–Trinajstić information content (AvgIpc) is 3.12. The molecule has 28 heavy (non-hydrogen) atoms. The molecule has 0 unspecified atom stereocenters. The molecule has 0 fully saturated rings. The summed E-state index contributed by atoms with van der Waals surface area (Å²) >= 11 is 7.49. The highest BCUT2D eigenvalue weighted by atomic mass is 35.5. The van der Waals surface area contributed by atoms with Crippen molar-refractivity contribution in [3.05, 3.63) is 70.2 Å². The summed E-state index contributed by atoms with van der Waals surface area (Å²) in [7, 11) is 0. The third-order valence-electron chi connectivity index (χ3n) is 3.95. The second-order valence-corrected chi connectivity index (χ2v) is 7.56. The van der Waals surface area contributed by atoms with E-state index in [1.54, 1.807) is 24.3 Å². The molecule has 3 rings (SSSR count). The predicted octanol–water partition coefficient (Wildman–Crippen LogP) is 4.88. The van der Waals surface area contributed by atoms with E-state index in [1.165, 1.54) is 18.3 Å². The molecule has 1 heterocycles. The molecule has 5 nitrogen and oxygen atoms in total. The summed E-state index contributed by atoms with van der Waals surface area (Å²) in [5, 5.41) is 5.74. The van der Waals surface area contributed by atoms with Crippen molar-refractivity contribution in [2.45, 2.75) is 26.4 Å². The average molecular weight is 415 g/mol. The minimum atomic E-state index is -0.946. The summed E-state index contributed by atoms with van der Waals surface area (Å²) < 4.78 is 5.23. The lowest BCUT2D eigenvalue weighted by Crippen LogP contribution is -2.30. The van der Waals surface area contributed by atoms with Crippen molar-refractivity contribution in [2.24, 2.45) is 0 Å². The van der Waals surface area contributed by atoms with Gasteiger partial charge in [0.25, 0.3) is 5.91 Å². The number of carbonyl (C=O) groups is 2. The fraction of sp³-hybridized carbons (Fsp3) is 0.190. The first-order valence-electron chi connectivity index (χ1n) is 8.68. The van der Waals surface area contributed by atoms with Gasteiger partial charge in [0.05, 0.1) is 22.8 Å². The first-order valence-corrected chi connectivity index (χ1v) is 9.94. The zero-order chi connectivity index (χ0) is 20.1. The van der Waals surface area contributed by atoms with E-state index in [4.69, 9.17) is 16.3 Å². The number of halogens is 1. The van der Waals surface area contributed by atoms with Crippen LogP contribution in [-0.2, 0) is 20.7 Å². The molecule has 0 aliphatic carbocycles. The zero-order valence-electron chi connectivity index (χ0n) is 15.4. The second-order valence-electron chi connectivity index (χ2n) is 6.29. The Morgan fingerprint density at radius 2 is 2.00 bits per heavy atom. The molecular formula is C21H19ClN2O3S. The van der Waals surface area contributed by atoms with Crippen molar-refractivity contribution >= 4 is 40.5 Å². The number of aryl methyl sites for hydroxylation is 1. The van der Waals surface area contributed by atoms with E-state index in [1.807, 2.05) is 36.6 Å². The minimum Gasteiger partial charge on any atom is -0.452 e. The third-order valence-corrected chi connectivity index (χ3v) is 5.22. The van der Waals surface area contributed by atoms with Gasteiger partial charge >= 0.3 is 5.97 Å². The Labute approximate surface area is 172 Å². The fourth-order valence-corrected chi connectivity index (χ4v) is 3.54. The quantitative estimate of drug-likeness (QED) is 0.583. The van der Waals surface area contributed by atoms with Crippen LogP contribution in [0.4, 0.5) is 5.69 Å². The molecule has 0 radical (unpaired) electrons. The monoisotopic (exact) mass is 414 g/mol. The van der Waals surface area contributed by atoms with Gasteiger partial charge in [0.2, 0.25) is 0 Å². The van der Waals surface area contributed by atoms with Crippen molar-refractivity contribution in [1.29, 1.82) is 0 Å². The van der Waals surface area contributed by atoms with Crippen LogP contribution in [0.5, 0.6) is 0 Å². The van der Waals surface area contributed by atoms with Crippen molar-refractivity contribution < 1.29 is 14.3 Å². The van der Waals surface area contributed by atoms with Gasteiger partial charge in [-0.1, -0.05) is 47.5 Å². The maximum atomic E-state index is 12.2. The van der Waals surface area contributed by atoms with Crippen LogP contribution in [0.3, 0.4) is 0 Å². The van der Waals surface area contributed by atoms with Gasteiger partial charge in [-0.15, -0.1) is 11.3 Å². The number of amides is 1. The number of nitrogens with one attached hydrogen (secondary N) is 1. The van der Waals surface area contributed by atoms with Crippen LogP contribution in [0.2, 0.25) is 5.02 Å². The van der Waals surface area contributed by atoms with Crippen LogP contribution in [0, 0.1) is 6.92 Å². The number of ether oxygens (including phenoxy) is 1. The van der Waals surface area contributed by atoms with E-state index >= 15 is 0 Å². The summed E-state index contributed by atoms with van der Waals surface area (Å²) in [5.41, 5.74) is 3.24. The van der Waals surface area contributed by atoms with E-state index in [0.717, 1.165) is 16.1 Å². The Bertz CT molecular complexity index is 1000. The lowest BCUT2D eigenvalue weighted by atomic mass is 10.1. The van der Waals surface area contributed by atoms with Crippen LogP contribution >= 0.6 is 22.9 Å². The molecule has 0 aliphatic rings. The Morgan fingerprint density at radius 3 is 2.75 bits per heavy atom. The second kappa shape index (κ2) is 8.99. The number of carbonyl (C=O) groups excluding carboxylic acids is 2. The predicted molar refractivity (Wildman–Crippen MR) is 112 cm³/mol. The van der Waals surface area contributed by atoms with E-state index in [0.29, 0.717) is 16.4 Å². The third kappa shape index (κ3) is 5.18. The number of thiazole rings is 1. The smallest absolute Gasteiger partial charge is 0.312 e. The van der Waals surface area contributed by atoms with E-state index in [9.17, 15) is 9.59 Å². The number of anilines is 1. The lowest BCUT2D eigenvalue weighted by molar-refractivity contribution is -0.152. The van der Waals surface area contributed by atoms with Gasteiger partial charge in [-0.3, -0.25) is 9.59 Å². The molecule has 0 bridgehead atoms. The highest BCUT2D eigenvalue weighted by Gasteiger charge is 2.19. The van der Waals surface area contributed by atoms with Crippen LogP contribution in [0.1, 0.15) is 18.2 Å². The summed E-state index contributed by atoms with van der Waals surface area (Å²) in [5.74, 6) is -0.955. The molecule has 7 heteroatoms.